The number of hydrogen-bond donors (Lipinski definition) is 0. The molecule has 0 bridgehead atoms. The summed E-state index contributed by atoms with van der Waals surface area (Å²) in [7, 11) is 0. The Bertz CT molecular complexity index is 390. The van der Waals surface area contributed by atoms with E-state index in [1.54, 1.807) is 0 Å². The van der Waals surface area contributed by atoms with E-state index in [1.807, 2.05) is 6.92 Å². The van der Waals surface area contributed by atoms with Crippen molar-refractivity contribution in [2.24, 2.45) is 0 Å². The number of hydrogen-bond acceptors (Lipinski definition) is 6. The summed E-state index contributed by atoms with van der Waals surface area (Å²) in [6, 6.07) is 0.700. The van der Waals surface area contributed by atoms with Crippen molar-refractivity contribution in [3.8, 4) is 0 Å². The molecule has 2 unspecified atom stereocenters. The second-order valence-corrected chi connectivity index (χ2v) is 8.95. The van der Waals surface area contributed by atoms with Gasteiger partial charge in [-0.1, -0.05) is 6.92 Å². The fraction of sp³-hybridized carbons (Fsp3) is 1.00. The van der Waals surface area contributed by atoms with Crippen molar-refractivity contribution in [1.82, 2.24) is 14.7 Å². The third-order valence-corrected chi connectivity index (χ3v) is 6.03. The minimum atomic E-state index is 0.404. The zero-order valence-corrected chi connectivity index (χ0v) is 20.9. The van der Waals surface area contributed by atoms with E-state index in [2.05, 4.69) is 49.3 Å². The monoisotopic (exact) mass is 429 g/mol. The number of morpholine rings is 1. The van der Waals surface area contributed by atoms with Gasteiger partial charge in [0.15, 0.2) is 0 Å². The molecule has 0 amide bonds. The molecule has 0 N–H and O–H groups in total. The lowest BCUT2D eigenvalue weighted by Crippen LogP contribution is -2.49. The Hall–Kier alpha value is -0.240. The van der Waals surface area contributed by atoms with Gasteiger partial charge in [-0.15, -0.1) is 0 Å². The highest BCUT2D eigenvalue weighted by Gasteiger charge is 2.18. The summed E-state index contributed by atoms with van der Waals surface area (Å²) >= 11 is 0. The zero-order valence-electron chi connectivity index (χ0n) is 20.9. The van der Waals surface area contributed by atoms with Crippen molar-refractivity contribution >= 4 is 0 Å². The van der Waals surface area contributed by atoms with Crippen molar-refractivity contribution in [2.45, 2.75) is 79.1 Å². The van der Waals surface area contributed by atoms with Crippen LogP contribution in [0.1, 0.15) is 60.8 Å². The smallest absolute Gasteiger partial charge is 0.0674 e. The van der Waals surface area contributed by atoms with Crippen LogP contribution in [0, 0.1) is 0 Å². The Balaban J connectivity index is 0.000000311. The summed E-state index contributed by atoms with van der Waals surface area (Å²) in [6.45, 7) is 26.0. The highest BCUT2D eigenvalue weighted by atomic mass is 16.5. The summed E-state index contributed by atoms with van der Waals surface area (Å²) < 4.78 is 16.5. The van der Waals surface area contributed by atoms with Gasteiger partial charge >= 0.3 is 0 Å². The van der Waals surface area contributed by atoms with Gasteiger partial charge in [-0.05, 0) is 53.9 Å². The Morgan fingerprint density at radius 3 is 2.17 bits per heavy atom. The fourth-order valence-corrected chi connectivity index (χ4v) is 3.82. The third kappa shape index (κ3) is 13.2. The lowest BCUT2D eigenvalue weighted by molar-refractivity contribution is -0.0206. The minimum absolute atomic E-state index is 0.404. The fourth-order valence-electron chi connectivity index (χ4n) is 3.82. The van der Waals surface area contributed by atoms with Crippen LogP contribution in [0.4, 0.5) is 0 Å². The number of rotatable bonds is 12. The molecule has 2 fully saturated rings. The summed E-state index contributed by atoms with van der Waals surface area (Å²) in [4.78, 5) is 7.58. The highest BCUT2D eigenvalue weighted by molar-refractivity contribution is 4.74. The van der Waals surface area contributed by atoms with Crippen LogP contribution in [-0.2, 0) is 14.2 Å². The number of piperazine rings is 1. The lowest BCUT2D eigenvalue weighted by atomic mass is 10.2. The van der Waals surface area contributed by atoms with Crippen LogP contribution in [0.5, 0.6) is 0 Å². The van der Waals surface area contributed by atoms with Gasteiger partial charge in [0.2, 0.25) is 0 Å². The zero-order chi connectivity index (χ0) is 22.2. The Morgan fingerprint density at radius 2 is 1.57 bits per heavy atom. The average molecular weight is 430 g/mol. The van der Waals surface area contributed by atoms with E-state index in [-0.39, 0.29) is 0 Å². The standard InChI is InChI=1S/C14H30N2O.C10H21NO2/c1-5-14(4)17-12-6-7-15-8-10-16(11-9-15)13(2)3;1-3-12-7-4-5-11-6-8-13-10(2)9-11/h13-14H,5-12H2,1-4H3;10H,3-9H2,1-2H3. The first kappa shape index (κ1) is 27.8. The van der Waals surface area contributed by atoms with Crippen molar-refractivity contribution in [3.63, 3.8) is 0 Å². The molecule has 6 heteroatoms. The van der Waals surface area contributed by atoms with Gasteiger partial charge < -0.3 is 19.1 Å². The van der Waals surface area contributed by atoms with Crippen LogP contribution in [0.3, 0.4) is 0 Å². The SMILES string of the molecule is CCC(C)OCCCN1CCN(C(C)C)CC1.CCOCCCN1CCOC(C)C1. The van der Waals surface area contributed by atoms with Gasteiger partial charge in [-0.25, -0.2) is 0 Å². The van der Waals surface area contributed by atoms with E-state index in [9.17, 15) is 0 Å². The molecule has 2 rings (SSSR count). The lowest BCUT2D eigenvalue weighted by Gasteiger charge is -2.36. The van der Waals surface area contributed by atoms with Crippen LogP contribution in [0.15, 0.2) is 0 Å². The molecule has 2 saturated heterocycles. The molecule has 6 nitrogen and oxygen atoms in total. The molecule has 180 valence electrons. The van der Waals surface area contributed by atoms with Crippen LogP contribution >= 0.6 is 0 Å². The summed E-state index contributed by atoms with van der Waals surface area (Å²) in [6.07, 6.45) is 4.26. The molecule has 2 heterocycles. The van der Waals surface area contributed by atoms with Crippen LogP contribution in [-0.4, -0.2) is 112 Å². The second kappa shape index (κ2) is 17.3. The molecule has 30 heavy (non-hydrogen) atoms. The van der Waals surface area contributed by atoms with Gasteiger partial charge in [0, 0.05) is 78.2 Å². The van der Waals surface area contributed by atoms with Crippen molar-refractivity contribution in [2.75, 3.05) is 78.8 Å². The van der Waals surface area contributed by atoms with E-state index in [4.69, 9.17) is 14.2 Å². The summed E-state index contributed by atoms with van der Waals surface area (Å²) in [5.41, 5.74) is 0. The first-order valence-corrected chi connectivity index (χ1v) is 12.5. The van der Waals surface area contributed by atoms with Gasteiger partial charge in [0.1, 0.15) is 0 Å². The Labute approximate surface area is 187 Å². The topological polar surface area (TPSA) is 37.4 Å². The molecule has 0 radical (unpaired) electrons. The van der Waals surface area contributed by atoms with Crippen LogP contribution in [0.2, 0.25) is 0 Å². The van der Waals surface area contributed by atoms with Gasteiger partial charge in [-0.2, -0.15) is 0 Å². The van der Waals surface area contributed by atoms with E-state index in [0.717, 1.165) is 58.9 Å². The number of nitrogens with zero attached hydrogens (tertiary/aromatic N) is 3. The molecule has 0 saturated carbocycles. The molecular weight excluding hydrogens is 378 g/mol. The Kier molecular flexibility index (Phi) is 16.1. The van der Waals surface area contributed by atoms with E-state index in [1.165, 1.54) is 39.1 Å². The maximum Gasteiger partial charge on any atom is 0.0674 e. The molecular formula is C24H51N3O3. The molecule has 0 aromatic heterocycles. The summed E-state index contributed by atoms with van der Waals surface area (Å²) in [5.74, 6) is 0. The minimum Gasteiger partial charge on any atom is -0.382 e. The largest absolute Gasteiger partial charge is 0.382 e. The van der Waals surface area contributed by atoms with Crippen molar-refractivity contribution in [3.05, 3.63) is 0 Å². The quantitative estimate of drug-likeness (QED) is 0.443. The maximum atomic E-state index is 5.70. The molecule has 0 aliphatic carbocycles. The normalized spacial score (nSPS) is 22.7. The predicted molar refractivity (Wildman–Crippen MR) is 126 cm³/mol. The Morgan fingerprint density at radius 1 is 0.900 bits per heavy atom. The van der Waals surface area contributed by atoms with Gasteiger partial charge in [0.05, 0.1) is 18.8 Å². The van der Waals surface area contributed by atoms with Gasteiger partial charge in [0.25, 0.3) is 0 Å². The molecule has 2 aliphatic heterocycles. The molecule has 0 aromatic carbocycles. The second-order valence-electron chi connectivity index (χ2n) is 8.95. The molecule has 2 aliphatic rings. The first-order valence-electron chi connectivity index (χ1n) is 12.5. The van der Waals surface area contributed by atoms with Crippen molar-refractivity contribution < 1.29 is 14.2 Å². The maximum absolute atomic E-state index is 5.70. The van der Waals surface area contributed by atoms with Gasteiger partial charge in [-0.3, -0.25) is 9.80 Å². The molecule has 2 atom stereocenters. The van der Waals surface area contributed by atoms with Crippen LogP contribution < -0.4 is 0 Å². The first-order chi connectivity index (χ1) is 14.5. The van der Waals surface area contributed by atoms with E-state index in [0.29, 0.717) is 18.2 Å². The average Bonchev–Trinajstić information content (AvgIpc) is 2.75. The molecule has 0 aromatic rings. The number of ether oxygens (including phenoxy) is 3. The van der Waals surface area contributed by atoms with Crippen molar-refractivity contribution in [1.29, 1.82) is 0 Å². The predicted octanol–water partition coefficient (Wildman–Crippen LogP) is 3.35. The summed E-state index contributed by atoms with van der Waals surface area (Å²) in [5, 5.41) is 0. The third-order valence-electron chi connectivity index (χ3n) is 6.03. The van der Waals surface area contributed by atoms with E-state index >= 15 is 0 Å². The van der Waals surface area contributed by atoms with E-state index < -0.39 is 0 Å². The highest BCUT2D eigenvalue weighted by Crippen LogP contribution is 2.07. The molecule has 0 spiro atoms. The van der Waals surface area contributed by atoms with Crippen LogP contribution in [0.25, 0.3) is 0 Å².